The lowest BCUT2D eigenvalue weighted by Crippen LogP contribution is -2.41. The number of amides is 2. The maximum absolute atomic E-state index is 12.4. The fourth-order valence-electron chi connectivity index (χ4n) is 4.24. The van der Waals surface area contributed by atoms with Crippen LogP contribution in [-0.2, 0) is 11.2 Å². The number of hydrogen-bond donors (Lipinski definition) is 3. The molecular weight excluding hydrogens is 495 g/mol. The Morgan fingerprint density at radius 2 is 1.69 bits per heavy atom. The van der Waals surface area contributed by atoms with E-state index >= 15 is 0 Å². The fourth-order valence-corrected chi connectivity index (χ4v) is 4.73. The molecule has 0 aliphatic carbocycles. The summed E-state index contributed by atoms with van der Waals surface area (Å²) in [5.74, 6) is -0.801. The molecule has 5 aromatic rings. The van der Waals surface area contributed by atoms with Crippen molar-refractivity contribution in [2.45, 2.75) is 19.3 Å². The van der Waals surface area contributed by atoms with Gasteiger partial charge in [-0.3, -0.25) is 20.4 Å². The Labute approximate surface area is 217 Å². The van der Waals surface area contributed by atoms with Crippen molar-refractivity contribution in [2.75, 3.05) is 0 Å². The van der Waals surface area contributed by atoms with Gasteiger partial charge in [-0.2, -0.15) is 0 Å². The predicted molar refractivity (Wildman–Crippen MR) is 144 cm³/mol. The second kappa shape index (κ2) is 10.4. The molecule has 5 rings (SSSR count). The lowest BCUT2D eigenvalue weighted by atomic mass is 10.0. The van der Waals surface area contributed by atoms with E-state index in [2.05, 4.69) is 28.0 Å². The standard InChI is InChI=1S/C28H22Cl2N4O2/c29-18-13-14-21(22(30)16-18)28(36)34-33-26(35)11-5-8-20-19-7-2-4-10-24(19)32-27(20)25-15-12-17-6-1-3-9-23(17)31-25/h1-4,6-7,9-10,12-16,32H,5,8,11H2,(H,33,35)(H,34,36). The molecule has 0 atom stereocenters. The summed E-state index contributed by atoms with van der Waals surface area (Å²) in [4.78, 5) is 33.1. The summed E-state index contributed by atoms with van der Waals surface area (Å²) in [6.07, 6.45) is 1.49. The molecular formula is C28H22Cl2N4O2. The van der Waals surface area contributed by atoms with E-state index in [-0.39, 0.29) is 22.9 Å². The summed E-state index contributed by atoms with van der Waals surface area (Å²) in [5, 5.41) is 2.82. The van der Waals surface area contributed by atoms with E-state index in [0.29, 0.717) is 17.9 Å². The number of para-hydroxylation sites is 2. The topological polar surface area (TPSA) is 86.9 Å². The van der Waals surface area contributed by atoms with E-state index in [4.69, 9.17) is 28.2 Å². The number of aromatic amines is 1. The molecule has 0 aliphatic heterocycles. The first-order valence-electron chi connectivity index (χ1n) is 11.5. The van der Waals surface area contributed by atoms with E-state index in [9.17, 15) is 9.59 Å². The molecule has 2 amide bonds. The largest absolute Gasteiger partial charge is 0.353 e. The van der Waals surface area contributed by atoms with Crippen molar-refractivity contribution < 1.29 is 9.59 Å². The number of nitrogens with one attached hydrogen (secondary N) is 3. The second-order valence-electron chi connectivity index (χ2n) is 8.39. The molecule has 6 nitrogen and oxygen atoms in total. The molecule has 2 aromatic heterocycles. The van der Waals surface area contributed by atoms with Crippen molar-refractivity contribution in [3.05, 3.63) is 100 Å². The smallest absolute Gasteiger partial charge is 0.271 e. The zero-order chi connectivity index (χ0) is 25.1. The second-order valence-corrected chi connectivity index (χ2v) is 9.24. The number of carbonyl (C=O) groups is 2. The summed E-state index contributed by atoms with van der Waals surface area (Å²) in [7, 11) is 0. The number of nitrogens with zero attached hydrogens (tertiary/aromatic N) is 1. The van der Waals surface area contributed by atoms with Crippen LogP contribution >= 0.6 is 23.2 Å². The molecule has 8 heteroatoms. The SMILES string of the molecule is O=C(CCCc1c(-c2ccc3ccccc3n2)[nH]c2ccccc12)NNC(=O)c1ccc(Cl)cc1Cl. The van der Waals surface area contributed by atoms with Gasteiger partial charge in [0.05, 0.1) is 27.5 Å². The lowest BCUT2D eigenvalue weighted by Gasteiger charge is -2.09. The third kappa shape index (κ3) is 5.05. The number of fused-ring (bicyclic) bond motifs is 2. The van der Waals surface area contributed by atoms with E-state index < -0.39 is 5.91 Å². The Morgan fingerprint density at radius 3 is 2.56 bits per heavy atom. The van der Waals surface area contributed by atoms with Crippen LogP contribution in [0, 0.1) is 0 Å². The van der Waals surface area contributed by atoms with Gasteiger partial charge in [-0.1, -0.05) is 65.7 Å². The van der Waals surface area contributed by atoms with Gasteiger partial charge in [-0.25, -0.2) is 4.98 Å². The van der Waals surface area contributed by atoms with Crippen molar-refractivity contribution in [1.29, 1.82) is 0 Å². The molecule has 0 aliphatic rings. The monoisotopic (exact) mass is 516 g/mol. The highest BCUT2D eigenvalue weighted by molar-refractivity contribution is 6.36. The van der Waals surface area contributed by atoms with Crippen molar-refractivity contribution in [3.8, 4) is 11.4 Å². The van der Waals surface area contributed by atoms with Gasteiger partial charge in [0.15, 0.2) is 0 Å². The highest BCUT2D eigenvalue weighted by atomic mass is 35.5. The van der Waals surface area contributed by atoms with E-state index in [1.807, 2.05) is 48.5 Å². The van der Waals surface area contributed by atoms with E-state index in [1.165, 1.54) is 12.1 Å². The van der Waals surface area contributed by atoms with Gasteiger partial charge < -0.3 is 4.98 Å². The van der Waals surface area contributed by atoms with Crippen LogP contribution in [-0.4, -0.2) is 21.8 Å². The van der Waals surface area contributed by atoms with E-state index in [1.54, 1.807) is 6.07 Å². The minimum atomic E-state index is -0.508. The van der Waals surface area contributed by atoms with Gasteiger partial charge in [-0.15, -0.1) is 0 Å². The molecule has 0 saturated carbocycles. The summed E-state index contributed by atoms with van der Waals surface area (Å²) < 4.78 is 0. The number of aromatic nitrogens is 2. The number of aryl methyl sites for hydroxylation is 1. The number of hydrogen-bond acceptors (Lipinski definition) is 3. The highest BCUT2D eigenvalue weighted by Crippen LogP contribution is 2.31. The third-order valence-corrected chi connectivity index (χ3v) is 6.54. The molecule has 0 bridgehead atoms. The molecule has 180 valence electrons. The number of hydrazine groups is 1. The number of halogens is 2. The Morgan fingerprint density at radius 1 is 0.889 bits per heavy atom. The third-order valence-electron chi connectivity index (χ3n) is 5.99. The minimum Gasteiger partial charge on any atom is -0.353 e. The molecule has 0 radical (unpaired) electrons. The van der Waals surface area contributed by atoms with Crippen LogP contribution in [0.2, 0.25) is 10.0 Å². The van der Waals surface area contributed by atoms with Crippen LogP contribution in [0.3, 0.4) is 0 Å². The molecule has 3 aromatic carbocycles. The number of H-pyrrole nitrogens is 1. The maximum Gasteiger partial charge on any atom is 0.271 e. The summed E-state index contributed by atoms with van der Waals surface area (Å²) in [6.45, 7) is 0. The molecule has 2 heterocycles. The van der Waals surface area contributed by atoms with Crippen LogP contribution < -0.4 is 10.9 Å². The fraction of sp³-hybridized carbons (Fsp3) is 0.107. The lowest BCUT2D eigenvalue weighted by molar-refractivity contribution is -0.121. The average molecular weight is 517 g/mol. The summed E-state index contributed by atoms with van der Waals surface area (Å²) in [5.41, 5.74) is 9.96. The summed E-state index contributed by atoms with van der Waals surface area (Å²) >= 11 is 11.9. The van der Waals surface area contributed by atoms with Crippen molar-refractivity contribution in [3.63, 3.8) is 0 Å². The zero-order valence-corrected chi connectivity index (χ0v) is 20.7. The van der Waals surface area contributed by atoms with Crippen LogP contribution in [0.5, 0.6) is 0 Å². The molecule has 0 unspecified atom stereocenters. The van der Waals surface area contributed by atoms with Crippen LogP contribution in [0.15, 0.2) is 78.9 Å². The predicted octanol–water partition coefficient (Wildman–Crippen LogP) is 6.47. The van der Waals surface area contributed by atoms with Crippen molar-refractivity contribution in [1.82, 2.24) is 20.8 Å². The number of rotatable bonds is 6. The average Bonchev–Trinajstić information content (AvgIpc) is 3.25. The normalized spacial score (nSPS) is 11.1. The van der Waals surface area contributed by atoms with Crippen LogP contribution in [0.1, 0.15) is 28.8 Å². The quantitative estimate of drug-likeness (QED) is 0.226. The number of benzene rings is 3. The van der Waals surface area contributed by atoms with Crippen molar-refractivity contribution in [2.24, 2.45) is 0 Å². The highest BCUT2D eigenvalue weighted by Gasteiger charge is 2.16. The maximum atomic E-state index is 12.4. The number of carbonyl (C=O) groups excluding carboxylic acids is 2. The van der Waals surface area contributed by atoms with Gasteiger partial charge in [0, 0.05) is 27.7 Å². The van der Waals surface area contributed by atoms with Gasteiger partial charge in [-0.05, 0) is 54.8 Å². The Bertz CT molecular complexity index is 1600. The van der Waals surface area contributed by atoms with Crippen molar-refractivity contribution >= 4 is 56.8 Å². The van der Waals surface area contributed by atoms with Gasteiger partial charge in [0.25, 0.3) is 5.91 Å². The molecule has 0 saturated heterocycles. The van der Waals surface area contributed by atoms with E-state index in [0.717, 1.165) is 38.8 Å². The Hall–Kier alpha value is -3.87. The minimum absolute atomic E-state index is 0.211. The Balaban J connectivity index is 1.27. The Kier molecular flexibility index (Phi) is 6.89. The molecule has 0 fully saturated rings. The van der Waals surface area contributed by atoms with Gasteiger partial charge >= 0.3 is 0 Å². The molecule has 3 N–H and O–H groups in total. The molecule has 36 heavy (non-hydrogen) atoms. The van der Waals surface area contributed by atoms with Crippen LogP contribution in [0.25, 0.3) is 33.2 Å². The van der Waals surface area contributed by atoms with Gasteiger partial charge in [0.1, 0.15) is 0 Å². The molecule has 0 spiro atoms. The first-order valence-corrected chi connectivity index (χ1v) is 12.2. The summed E-state index contributed by atoms with van der Waals surface area (Å²) in [6, 6.07) is 24.7. The first-order chi connectivity index (χ1) is 17.5. The first kappa shape index (κ1) is 23.9. The number of pyridine rings is 1. The van der Waals surface area contributed by atoms with Gasteiger partial charge in [0.2, 0.25) is 5.91 Å². The van der Waals surface area contributed by atoms with Crippen LogP contribution in [0.4, 0.5) is 0 Å². The zero-order valence-electron chi connectivity index (χ0n) is 19.1.